The van der Waals surface area contributed by atoms with Crippen molar-refractivity contribution in [1.82, 2.24) is 39.1 Å². The molecule has 28 nitrogen and oxygen atoms in total. The van der Waals surface area contributed by atoms with Gasteiger partial charge < -0.3 is 57.1 Å². The first-order valence-corrected chi connectivity index (χ1v) is 34.4. The number of hydroxylamine groups is 1. The average Bonchev–Trinajstić information content (AvgIpc) is 1.41. The average molecular weight is 1630 g/mol. The van der Waals surface area contributed by atoms with E-state index in [2.05, 4.69) is 40.6 Å². The highest BCUT2D eigenvalue weighted by Gasteiger charge is 2.34. The summed E-state index contributed by atoms with van der Waals surface area (Å²) in [5, 5.41) is 22.2. The fourth-order valence-electron chi connectivity index (χ4n) is 10.1. The van der Waals surface area contributed by atoms with Gasteiger partial charge in [0.15, 0.2) is 12.3 Å². The minimum absolute atomic E-state index is 0.0169. The molecule has 0 saturated heterocycles. The van der Waals surface area contributed by atoms with E-state index < -0.39 is 47.2 Å². The van der Waals surface area contributed by atoms with Gasteiger partial charge in [-0.3, -0.25) is 4.84 Å². The number of aryl methyl sites for hydroxylation is 1. The normalized spacial score (nSPS) is 12.0. The highest BCUT2D eigenvalue weighted by atomic mass is 35.5. The third-order valence-electron chi connectivity index (χ3n) is 15.5. The van der Waals surface area contributed by atoms with E-state index in [1.807, 2.05) is 24.3 Å². The van der Waals surface area contributed by atoms with Gasteiger partial charge >= 0.3 is 36.1 Å². The van der Waals surface area contributed by atoms with Crippen LogP contribution in [0.3, 0.4) is 0 Å². The number of hydrogen-bond acceptors (Lipinski definition) is 24. The van der Waals surface area contributed by atoms with Gasteiger partial charge in [-0.15, -0.1) is 10.2 Å². The number of para-hydroxylation sites is 4. The fourth-order valence-corrected chi connectivity index (χ4v) is 10.4. The summed E-state index contributed by atoms with van der Waals surface area (Å²) in [5.41, 5.74) is 3.43. The number of pyridine rings is 1. The maximum atomic E-state index is 15.1. The number of nitrogens with zero attached hydrogens (tertiary/aromatic N) is 12. The number of methoxy groups -OCH3 is 4. The number of aromatic nitrogens is 8. The zero-order chi connectivity index (χ0) is 82.6. The van der Waals surface area contributed by atoms with Crippen LogP contribution in [-0.4, -0.2) is 124 Å². The van der Waals surface area contributed by atoms with Crippen LogP contribution in [0.25, 0.3) is 16.9 Å². The van der Waals surface area contributed by atoms with Gasteiger partial charge in [-0.25, -0.2) is 33.3 Å². The van der Waals surface area contributed by atoms with E-state index in [0.717, 1.165) is 45.5 Å². The standard InChI is InChI=1S/C21H16ClFN4O5.C20H19F3N4O3.C19H18ClN3O4.C18H16F3NO4/c1-28-26-18(21-27-30-11-10-29-21)13-6-2-4-8-15(13)31-19-17(23)20(25-12-24-19)32-16-9-5-3-7-14(16)22;1-13(14-8-6-9-16(11-14)20(21,22)23)25-30-12-15-7-4-5-10-17(15)27-18(29-3)24-26(2)19(27)28;1-25-19(24)23(26-2)17-6-4-3-5-14(17)13-27-18-11-12-22(21-18)16-9-7-15(20)8-10-16;1-24-11-14(17(23)25-2)13-7-4-3-6-12(13)10-26-16-9-5-8-15(22-16)18(19,20)21/h2-9,12H,10-11H2,1H3;4-11H,12H2,1-3H3;3-12H,13H2,1-2H3;3-9,11H,10H2,1-2H3/b26-18+;25-13+;;14-11+. The zero-order valence-electron chi connectivity index (χ0n) is 62.0. The summed E-state index contributed by atoms with van der Waals surface area (Å²) in [5.74, 6) is -1.43. The molecule has 0 saturated carbocycles. The van der Waals surface area contributed by atoms with E-state index in [0.29, 0.717) is 61.7 Å². The molecule has 1 aliphatic rings. The van der Waals surface area contributed by atoms with Crippen molar-refractivity contribution in [2.45, 2.75) is 39.1 Å². The molecule has 0 N–H and O–H groups in total. The SMILES string of the molecule is CO/C=C(/C(=O)OC)c1ccccc1COc1cccc(C(F)(F)F)n1.CO/N=C(/C1=NOCCO1)c1ccccc1Oc1ncnc(Oc2ccccc2Cl)c1F.COC(=O)N(OC)c1ccccc1COc1ccn(-c2ccc(Cl)cc2)n1.COc1nn(C)c(=O)n1-c1ccccc1CO/N=C(\C)c1cccc(C(F)(F)F)c1. The van der Waals surface area contributed by atoms with Gasteiger partial charge in [0.05, 0.1) is 80.7 Å². The summed E-state index contributed by atoms with van der Waals surface area (Å²) >= 11 is 12.0. The molecule has 7 aromatic carbocycles. The lowest BCUT2D eigenvalue weighted by molar-refractivity contribution is -0.141. The van der Waals surface area contributed by atoms with Gasteiger partial charge in [0.2, 0.25) is 17.6 Å². The van der Waals surface area contributed by atoms with Crippen LogP contribution in [0.5, 0.6) is 41.0 Å². The first-order chi connectivity index (χ1) is 55.4. The molecule has 1 aliphatic heterocycles. The summed E-state index contributed by atoms with van der Waals surface area (Å²) in [6.07, 6.45) is -5.49. The van der Waals surface area contributed by atoms with Gasteiger partial charge in [0.25, 0.3) is 17.7 Å². The van der Waals surface area contributed by atoms with E-state index >= 15 is 4.39 Å². The van der Waals surface area contributed by atoms with Crippen LogP contribution < -0.4 is 34.4 Å². The summed E-state index contributed by atoms with van der Waals surface area (Å²) in [7, 11) is 9.57. The number of esters is 1. The molecule has 12 rings (SSSR count). The number of carbonyl (C=O) groups is 2. The molecule has 0 bridgehead atoms. The molecule has 0 fully saturated rings. The van der Waals surface area contributed by atoms with Gasteiger partial charge in [-0.2, -0.15) is 45.8 Å². The second kappa shape index (κ2) is 41.1. The van der Waals surface area contributed by atoms with Crippen molar-refractivity contribution < 1.29 is 102 Å². The van der Waals surface area contributed by atoms with Crippen molar-refractivity contribution in [3.63, 3.8) is 0 Å². The van der Waals surface area contributed by atoms with Crippen molar-refractivity contribution in [2.24, 2.45) is 22.5 Å². The number of oxime groups is 3. The second-order valence-electron chi connectivity index (χ2n) is 23.0. The third-order valence-corrected chi connectivity index (χ3v) is 16.1. The molecule has 0 aliphatic carbocycles. The van der Waals surface area contributed by atoms with Crippen LogP contribution in [0.15, 0.2) is 233 Å². The Bertz CT molecular complexity index is 5320. The molecular formula is C78H69Cl2F7N12O16. The first-order valence-electron chi connectivity index (χ1n) is 33.7. The molecule has 0 spiro atoms. The predicted molar refractivity (Wildman–Crippen MR) is 405 cm³/mol. The van der Waals surface area contributed by atoms with Crippen molar-refractivity contribution in [3.05, 3.63) is 284 Å². The van der Waals surface area contributed by atoms with Gasteiger partial charge in [-0.1, -0.05) is 137 Å². The number of halogens is 9. The number of amides is 1. The predicted octanol–water partition coefficient (Wildman–Crippen LogP) is 16.2. The smallest absolute Gasteiger partial charge is 0.438 e. The Morgan fingerprint density at radius 3 is 1.96 bits per heavy atom. The Balaban J connectivity index is 0.000000176. The third kappa shape index (κ3) is 23.3. The highest BCUT2D eigenvalue weighted by molar-refractivity contribution is 6.45. The molecule has 5 heterocycles. The molecule has 0 atom stereocenters. The van der Waals surface area contributed by atoms with Gasteiger partial charge in [0, 0.05) is 41.5 Å². The van der Waals surface area contributed by atoms with E-state index in [4.69, 9.17) is 85.2 Å². The van der Waals surface area contributed by atoms with E-state index in [9.17, 15) is 40.7 Å². The lowest BCUT2D eigenvalue weighted by atomic mass is 10.0. The van der Waals surface area contributed by atoms with E-state index in [-0.39, 0.29) is 84.5 Å². The second-order valence-corrected chi connectivity index (χ2v) is 23.9. The number of carbonyl (C=O) groups excluding carboxylic acids is 2. The number of alkyl halides is 6. The number of anilines is 1. The van der Waals surface area contributed by atoms with Crippen LogP contribution in [0, 0.1) is 5.82 Å². The monoisotopic (exact) mass is 1630 g/mol. The number of benzene rings is 7. The Morgan fingerprint density at radius 2 is 1.30 bits per heavy atom. The molecular weight excluding hydrogens is 1560 g/mol. The molecule has 600 valence electrons. The molecule has 11 aromatic rings. The number of ether oxygens (including phenoxy) is 9. The van der Waals surface area contributed by atoms with Gasteiger partial charge in [-0.05, 0) is 108 Å². The molecule has 1 amide bonds. The minimum Gasteiger partial charge on any atom is -0.503 e. The van der Waals surface area contributed by atoms with E-state index in [1.165, 1.54) is 84.8 Å². The van der Waals surface area contributed by atoms with Crippen LogP contribution in [0.4, 0.5) is 41.2 Å². The maximum absolute atomic E-state index is 15.1. The van der Waals surface area contributed by atoms with Crippen molar-refractivity contribution in [1.29, 1.82) is 0 Å². The van der Waals surface area contributed by atoms with Crippen molar-refractivity contribution >= 4 is 63.8 Å². The lowest BCUT2D eigenvalue weighted by Gasteiger charge is -2.20. The summed E-state index contributed by atoms with van der Waals surface area (Å²) in [6, 6.07) is 51.6. The first kappa shape index (κ1) is 85.5. The lowest BCUT2D eigenvalue weighted by Crippen LogP contribution is -2.30. The number of hydrogen-bond donors (Lipinski definition) is 0. The number of rotatable bonds is 25. The van der Waals surface area contributed by atoms with Crippen molar-refractivity contribution in [3.8, 4) is 52.4 Å². The summed E-state index contributed by atoms with van der Waals surface area (Å²) in [6.45, 7) is 2.23. The summed E-state index contributed by atoms with van der Waals surface area (Å²) < 4.78 is 143. The Hall–Kier alpha value is -13.5. The molecule has 4 aromatic heterocycles. The highest BCUT2D eigenvalue weighted by Crippen LogP contribution is 2.36. The molecule has 0 unspecified atom stereocenters. The van der Waals surface area contributed by atoms with Crippen LogP contribution in [0.1, 0.15) is 51.6 Å². The van der Waals surface area contributed by atoms with Crippen LogP contribution >= 0.6 is 23.2 Å². The van der Waals surface area contributed by atoms with Crippen LogP contribution in [0.2, 0.25) is 10.0 Å². The fraction of sp³-hybridized carbons (Fsp3) is 0.192. The Kier molecular flexibility index (Phi) is 30.6. The zero-order valence-corrected chi connectivity index (χ0v) is 63.6. The largest absolute Gasteiger partial charge is 0.503 e. The maximum Gasteiger partial charge on any atom is 0.438 e. The topological polar surface area (TPSA) is 291 Å². The quantitative estimate of drug-likeness (QED) is 0.0128. The Labute approximate surface area is 661 Å². The van der Waals surface area contributed by atoms with Gasteiger partial charge in [0.1, 0.15) is 62.6 Å². The molecule has 37 heteroatoms. The van der Waals surface area contributed by atoms with E-state index in [1.54, 1.807) is 145 Å². The molecule has 0 radical (unpaired) electrons. The molecule has 115 heavy (non-hydrogen) atoms. The minimum atomic E-state index is -4.56. The van der Waals surface area contributed by atoms with Crippen LogP contribution in [-0.2, 0) is 82.3 Å². The summed E-state index contributed by atoms with van der Waals surface area (Å²) in [4.78, 5) is 67.8. The Morgan fingerprint density at radius 1 is 0.652 bits per heavy atom. The van der Waals surface area contributed by atoms with Crippen molar-refractivity contribution in [2.75, 3.05) is 60.9 Å².